The molecule has 1 heterocycles. The number of thiazole rings is 1. The first-order valence-corrected chi connectivity index (χ1v) is 9.81. The van der Waals surface area contributed by atoms with Crippen LogP contribution in [-0.2, 0) is 11.2 Å². The lowest BCUT2D eigenvalue weighted by Crippen LogP contribution is -2.10. The third-order valence-electron chi connectivity index (χ3n) is 3.90. The van der Waals surface area contributed by atoms with Gasteiger partial charge in [0.2, 0.25) is 5.91 Å². The molecule has 0 radical (unpaired) electrons. The van der Waals surface area contributed by atoms with Crippen molar-refractivity contribution in [2.45, 2.75) is 59.3 Å². The number of carbonyl (C=O) groups excluding carboxylic acids is 1. The van der Waals surface area contributed by atoms with E-state index >= 15 is 0 Å². The van der Waals surface area contributed by atoms with Gasteiger partial charge in [-0.05, 0) is 24.3 Å². The van der Waals surface area contributed by atoms with E-state index in [0.717, 1.165) is 30.5 Å². The Balaban J connectivity index is 1.89. The van der Waals surface area contributed by atoms with Gasteiger partial charge in [0.05, 0.1) is 5.69 Å². The number of hydrogen-bond acceptors (Lipinski definition) is 3. The largest absolute Gasteiger partial charge is 0.302 e. The lowest BCUT2D eigenvalue weighted by Gasteiger charge is -2.05. The Morgan fingerprint density at radius 1 is 1.17 bits per heavy atom. The number of benzene rings is 1. The maximum Gasteiger partial charge on any atom is 0.226 e. The molecule has 0 aliphatic heterocycles. The normalized spacial score (nSPS) is 11.0. The molecule has 0 atom stereocenters. The van der Waals surface area contributed by atoms with Crippen LogP contribution in [0.1, 0.15) is 58.4 Å². The summed E-state index contributed by atoms with van der Waals surface area (Å²) >= 11 is 1.49. The number of nitrogens with one attached hydrogen (secondary N) is 1. The summed E-state index contributed by atoms with van der Waals surface area (Å²) in [5, 5.41) is 5.61. The van der Waals surface area contributed by atoms with Crippen LogP contribution in [0, 0.1) is 5.92 Å². The molecule has 0 aliphatic carbocycles. The number of anilines is 1. The van der Waals surface area contributed by atoms with Gasteiger partial charge >= 0.3 is 0 Å². The predicted octanol–water partition coefficient (Wildman–Crippen LogP) is 5.92. The molecule has 0 saturated heterocycles. The third kappa shape index (κ3) is 6.08. The van der Waals surface area contributed by atoms with Gasteiger partial charge in [-0.3, -0.25) is 4.79 Å². The van der Waals surface area contributed by atoms with Crippen molar-refractivity contribution in [3.05, 3.63) is 35.2 Å². The van der Waals surface area contributed by atoms with Crippen LogP contribution < -0.4 is 5.32 Å². The van der Waals surface area contributed by atoms with Crippen molar-refractivity contribution in [1.82, 2.24) is 4.98 Å². The van der Waals surface area contributed by atoms with E-state index in [1.54, 1.807) is 0 Å². The summed E-state index contributed by atoms with van der Waals surface area (Å²) < 4.78 is 0. The number of unbranched alkanes of at least 4 members (excludes halogenated alkanes) is 3. The van der Waals surface area contributed by atoms with Crippen LogP contribution in [0.25, 0.3) is 11.3 Å². The molecule has 0 spiro atoms. The molecule has 4 heteroatoms. The lowest BCUT2D eigenvalue weighted by atomic mass is 10.0. The van der Waals surface area contributed by atoms with E-state index in [1.165, 1.54) is 29.7 Å². The molecular formula is C20H28N2OS. The van der Waals surface area contributed by atoms with Crippen LogP contribution in [0.5, 0.6) is 0 Å². The Bertz CT molecular complexity index is 631. The van der Waals surface area contributed by atoms with E-state index in [1.807, 2.05) is 5.38 Å². The van der Waals surface area contributed by atoms with Gasteiger partial charge in [0, 0.05) is 17.4 Å². The van der Waals surface area contributed by atoms with E-state index in [2.05, 4.69) is 55.3 Å². The highest BCUT2D eigenvalue weighted by Crippen LogP contribution is 2.25. The van der Waals surface area contributed by atoms with Gasteiger partial charge in [0.1, 0.15) is 0 Å². The first-order valence-electron chi connectivity index (χ1n) is 8.93. The Morgan fingerprint density at radius 3 is 2.58 bits per heavy atom. The zero-order chi connectivity index (χ0) is 17.4. The van der Waals surface area contributed by atoms with E-state index in [-0.39, 0.29) is 5.91 Å². The van der Waals surface area contributed by atoms with Crippen LogP contribution in [0.4, 0.5) is 5.13 Å². The average Bonchev–Trinajstić information content (AvgIpc) is 3.00. The van der Waals surface area contributed by atoms with Crippen LogP contribution in [0.3, 0.4) is 0 Å². The van der Waals surface area contributed by atoms with E-state index in [0.29, 0.717) is 17.5 Å². The van der Waals surface area contributed by atoms with Crippen molar-refractivity contribution >= 4 is 22.4 Å². The maximum atomic E-state index is 11.9. The number of rotatable bonds is 9. The first kappa shape index (κ1) is 18.7. The fraction of sp³-hybridized carbons (Fsp3) is 0.500. The summed E-state index contributed by atoms with van der Waals surface area (Å²) in [6.45, 7) is 6.63. The quantitative estimate of drug-likeness (QED) is 0.574. The molecule has 1 amide bonds. The van der Waals surface area contributed by atoms with Gasteiger partial charge in [-0.1, -0.05) is 64.3 Å². The summed E-state index contributed by atoms with van der Waals surface area (Å²) in [7, 11) is 0. The zero-order valence-corrected chi connectivity index (χ0v) is 15.8. The smallest absolute Gasteiger partial charge is 0.226 e. The minimum Gasteiger partial charge on any atom is -0.302 e. The fourth-order valence-corrected chi connectivity index (χ4v) is 3.38. The van der Waals surface area contributed by atoms with Crippen LogP contribution >= 0.6 is 11.3 Å². The molecule has 2 aromatic rings. The van der Waals surface area contributed by atoms with E-state index < -0.39 is 0 Å². The summed E-state index contributed by atoms with van der Waals surface area (Å²) in [5.74, 6) is 0.730. The molecule has 3 nitrogen and oxygen atoms in total. The van der Waals surface area contributed by atoms with Crippen LogP contribution in [-0.4, -0.2) is 10.9 Å². The van der Waals surface area contributed by atoms with Crippen molar-refractivity contribution in [3.63, 3.8) is 0 Å². The van der Waals surface area contributed by atoms with Crippen LogP contribution in [0.15, 0.2) is 29.6 Å². The second kappa shape index (κ2) is 9.58. The Hall–Kier alpha value is -1.68. The lowest BCUT2D eigenvalue weighted by molar-refractivity contribution is -0.116. The predicted molar refractivity (Wildman–Crippen MR) is 103 cm³/mol. The second-order valence-electron chi connectivity index (χ2n) is 6.69. The molecule has 1 N–H and O–H groups in total. The standard InChI is InChI=1S/C20H28N2OS/c1-4-5-6-7-8-19(23)22-20-21-18(14-24-20)17-11-9-16(10-12-17)13-15(2)3/h9-12,14-15H,4-8,13H2,1-3H3,(H,21,22,23). The summed E-state index contributed by atoms with van der Waals surface area (Å²) in [6.07, 6.45) is 6.13. The van der Waals surface area contributed by atoms with Gasteiger partial charge in [0.25, 0.3) is 0 Å². The first-order chi connectivity index (χ1) is 11.6. The highest BCUT2D eigenvalue weighted by molar-refractivity contribution is 7.14. The molecule has 1 aromatic heterocycles. The van der Waals surface area contributed by atoms with Crippen molar-refractivity contribution in [3.8, 4) is 11.3 Å². The Morgan fingerprint density at radius 2 is 1.92 bits per heavy atom. The molecule has 2 rings (SSSR count). The highest BCUT2D eigenvalue weighted by atomic mass is 32.1. The van der Waals surface area contributed by atoms with Gasteiger partial charge in [0.15, 0.2) is 5.13 Å². The maximum absolute atomic E-state index is 11.9. The average molecular weight is 345 g/mol. The van der Waals surface area contributed by atoms with Gasteiger partial charge in [-0.2, -0.15) is 0 Å². The van der Waals surface area contributed by atoms with Crippen molar-refractivity contribution in [2.75, 3.05) is 5.32 Å². The molecule has 0 bridgehead atoms. The molecular weight excluding hydrogens is 316 g/mol. The topological polar surface area (TPSA) is 42.0 Å². The number of amides is 1. The van der Waals surface area contributed by atoms with Gasteiger partial charge in [-0.25, -0.2) is 4.98 Å². The number of hydrogen-bond donors (Lipinski definition) is 1. The fourth-order valence-electron chi connectivity index (χ4n) is 2.64. The van der Waals surface area contributed by atoms with Gasteiger partial charge in [-0.15, -0.1) is 11.3 Å². The monoisotopic (exact) mass is 344 g/mol. The molecule has 24 heavy (non-hydrogen) atoms. The minimum absolute atomic E-state index is 0.0688. The molecule has 130 valence electrons. The number of aromatic nitrogens is 1. The Labute approximate surface area is 149 Å². The zero-order valence-electron chi connectivity index (χ0n) is 15.0. The molecule has 0 fully saturated rings. The molecule has 0 unspecified atom stereocenters. The second-order valence-corrected chi connectivity index (χ2v) is 7.55. The summed E-state index contributed by atoms with van der Waals surface area (Å²) in [6, 6.07) is 8.56. The van der Waals surface area contributed by atoms with Crippen molar-refractivity contribution in [1.29, 1.82) is 0 Å². The minimum atomic E-state index is 0.0688. The molecule has 1 aromatic carbocycles. The number of carbonyl (C=O) groups is 1. The summed E-state index contributed by atoms with van der Waals surface area (Å²) in [4.78, 5) is 16.5. The van der Waals surface area contributed by atoms with Crippen LogP contribution in [0.2, 0.25) is 0 Å². The van der Waals surface area contributed by atoms with Crippen molar-refractivity contribution < 1.29 is 4.79 Å². The van der Waals surface area contributed by atoms with Gasteiger partial charge < -0.3 is 5.32 Å². The summed E-state index contributed by atoms with van der Waals surface area (Å²) in [5.41, 5.74) is 3.38. The molecule has 0 saturated carbocycles. The van der Waals surface area contributed by atoms with E-state index in [9.17, 15) is 4.79 Å². The third-order valence-corrected chi connectivity index (χ3v) is 4.66. The Kier molecular flexibility index (Phi) is 7.44. The SMILES string of the molecule is CCCCCCC(=O)Nc1nc(-c2ccc(CC(C)C)cc2)cs1. The van der Waals surface area contributed by atoms with Crippen molar-refractivity contribution in [2.24, 2.45) is 5.92 Å². The number of nitrogens with zero attached hydrogens (tertiary/aromatic N) is 1. The highest BCUT2D eigenvalue weighted by Gasteiger charge is 2.08. The van der Waals surface area contributed by atoms with E-state index in [4.69, 9.17) is 0 Å². The molecule has 0 aliphatic rings.